The summed E-state index contributed by atoms with van der Waals surface area (Å²) in [5.74, 6) is 0.829. The van der Waals surface area contributed by atoms with Crippen LogP contribution in [0.4, 0.5) is 0 Å². The molecule has 1 fully saturated rings. The fourth-order valence-electron chi connectivity index (χ4n) is 3.05. The molecule has 3 unspecified atom stereocenters. The molecule has 0 aliphatic heterocycles. The molecule has 0 aromatic heterocycles. The minimum Gasteiger partial charge on any atom is -0.356 e. The Kier molecular flexibility index (Phi) is 6.65. The predicted octanol–water partition coefficient (Wildman–Crippen LogP) is 1.35. The average molecular weight is 255 g/mol. The molecule has 1 aliphatic carbocycles. The first-order chi connectivity index (χ1) is 8.60. The van der Waals surface area contributed by atoms with Crippen molar-refractivity contribution in [1.82, 2.24) is 10.2 Å². The molecule has 1 rings (SSSR count). The van der Waals surface area contributed by atoms with Crippen LogP contribution in [-0.2, 0) is 4.79 Å². The summed E-state index contributed by atoms with van der Waals surface area (Å²) in [5, 5.41) is 2.86. The molecule has 0 bridgehead atoms. The van der Waals surface area contributed by atoms with Crippen LogP contribution in [0, 0.1) is 5.92 Å². The highest BCUT2D eigenvalue weighted by Crippen LogP contribution is 2.28. The van der Waals surface area contributed by atoms with Crippen molar-refractivity contribution in [1.29, 1.82) is 0 Å². The maximum absolute atomic E-state index is 11.7. The lowest BCUT2D eigenvalue weighted by Crippen LogP contribution is -2.49. The first kappa shape index (κ1) is 15.4. The van der Waals surface area contributed by atoms with Crippen molar-refractivity contribution in [3.05, 3.63) is 0 Å². The third-order valence-electron chi connectivity index (χ3n) is 4.23. The van der Waals surface area contributed by atoms with Gasteiger partial charge in [0.2, 0.25) is 5.91 Å². The zero-order chi connectivity index (χ0) is 13.5. The Morgan fingerprint density at radius 3 is 2.67 bits per heavy atom. The lowest BCUT2D eigenvalue weighted by Gasteiger charge is -2.40. The molecular weight excluding hydrogens is 226 g/mol. The molecule has 0 saturated heterocycles. The van der Waals surface area contributed by atoms with Gasteiger partial charge in [-0.1, -0.05) is 19.8 Å². The Labute approximate surface area is 111 Å². The SMILES string of the molecule is CCNC(=O)CC(CN)N(C)C1CCCCC1C. The average Bonchev–Trinajstić information content (AvgIpc) is 2.36. The van der Waals surface area contributed by atoms with Crippen molar-refractivity contribution in [2.24, 2.45) is 11.7 Å². The summed E-state index contributed by atoms with van der Waals surface area (Å²) in [6.07, 6.45) is 5.70. The summed E-state index contributed by atoms with van der Waals surface area (Å²) in [5.41, 5.74) is 5.85. The van der Waals surface area contributed by atoms with Crippen molar-refractivity contribution in [3.8, 4) is 0 Å². The topological polar surface area (TPSA) is 58.4 Å². The van der Waals surface area contributed by atoms with Crippen LogP contribution in [0.3, 0.4) is 0 Å². The molecule has 0 aromatic rings. The molecule has 1 aliphatic rings. The number of hydrogen-bond donors (Lipinski definition) is 2. The highest BCUT2D eigenvalue weighted by Gasteiger charge is 2.29. The Bertz CT molecular complexity index is 257. The van der Waals surface area contributed by atoms with E-state index in [1.165, 1.54) is 25.7 Å². The van der Waals surface area contributed by atoms with E-state index >= 15 is 0 Å². The predicted molar refractivity (Wildman–Crippen MR) is 75.3 cm³/mol. The lowest BCUT2D eigenvalue weighted by atomic mass is 9.84. The molecule has 0 spiro atoms. The van der Waals surface area contributed by atoms with Crippen LogP contribution in [0.25, 0.3) is 0 Å². The van der Waals surface area contributed by atoms with E-state index in [9.17, 15) is 4.79 Å². The van der Waals surface area contributed by atoms with Gasteiger partial charge in [0.25, 0.3) is 0 Å². The van der Waals surface area contributed by atoms with Gasteiger partial charge in [0.05, 0.1) is 0 Å². The number of nitrogens with one attached hydrogen (secondary N) is 1. The molecule has 4 heteroatoms. The number of amides is 1. The molecule has 4 nitrogen and oxygen atoms in total. The van der Waals surface area contributed by atoms with Gasteiger partial charge in [-0.25, -0.2) is 0 Å². The van der Waals surface area contributed by atoms with E-state index in [0.29, 0.717) is 31.5 Å². The maximum atomic E-state index is 11.7. The second-order valence-electron chi connectivity index (χ2n) is 5.54. The van der Waals surface area contributed by atoms with Gasteiger partial charge < -0.3 is 11.1 Å². The summed E-state index contributed by atoms with van der Waals surface area (Å²) >= 11 is 0. The van der Waals surface area contributed by atoms with Gasteiger partial charge in [0.1, 0.15) is 0 Å². The van der Waals surface area contributed by atoms with E-state index < -0.39 is 0 Å². The normalized spacial score (nSPS) is 26.1. The Morgan fingerprint density at radius 2 is 2.11 bits per heavy atom. The van der Waals surface area contributed by atoms with Crippen LogP contribution in [0.1, 0.15) is 46.0 Å². The summed E-state index contributed by atoms with van der Waals surface area (Å²) in [7, 11) is 2.13. The van der Waals surface area contributed by atoms with E-state index in [-0.39, 0.29) is 11.9 Å². The fraction of sp³-hybridized carbons (Fsp3) is 0.929. The molecule has 18 heavy (non-hydrogen) atoms. The minimum atomic E-state index is 0.114. The number of nitrogens with zero attached hydrogens (tertiary/aromatic N) is 1. The quantitative estimate of drug-likeness (QED) is 0.753. The highest BCUT2D eigenvalue weighted by atomic mass is 16.1. The fourth-order valence-corrected chi connectivity index (χ4v) is 3.05. The Balaban J connectivity index is 2.54. The van der Waals surface area contributed by atoms with E-state index in [1.54, 1.807) is 0 Å². The molecule has 3 atom stereocenters. The van der Waals surface area contributed by atoms with Crippen LogP contribution in [-0.4, -0.2) is 43.0 Å². The van der Waals surface area contributed by atoms with Crippen LogP contribution >= 0.6 is 0 Å². The van der Waals surface area contributed by atoms with E-state index in [1.807, 2.05) is 6.92 Å². The number of rotatable bonds is 6. The third kappa shape index (κ3) is 4.25. The highest BCUT2D eigenvalue weighted by molar-refractivity contribution is 5.76. The van der Waals surface area contributed by atoms with Crippen molar-refractivity contribution in [3.63, 3.8) is 0 Å². The zero-order valence-electron chi connectivity index (χ0n) is 12.1. The first-order valence-electron chi connectivity index (χ1n) is 7.28. The molecule has 1 amide bonds. The molecule has 0 radical (unpaired) electrons. The smallest absolute Gasteiger partial charge is 0.221 e. The monoisotopic (exact) mass is 255 g/mol. The summed E-state index contributed by atoms with van der Waals surface area (Å²) < 4.78 is 0. The Morgan fingerprint density at radius 1 is 1.44 bits per heavy atom. The second kappa shape index (κ2) is 7.74. The summed E-state index contributed by atoms with van der Waals surface area (Å²) in [6, 6.07) is 0.754. The van der Waals surface area contributed by atoms with Gasteiger partial charge in [-0.05, 0) is 32.7 Å². The summed E-state index contributed by atoms with van der Waals surface area (Å²) in [4.78, 5) is 14.0. The molecule has 1 saturated carbocycles. The largest absolute Gasteiger partial charge is 0.356 e. The number of nitrogens with two attached hydrogens (primary N) is 1. The van der Waals surface area contributed by atoms with E-state index in [2.05, 4.69) is 24.2 Å². The van der Waals surface area contributed by atoms with E-state index in [0.717, 1.165) is 0 Å². The second-order valence-corrected chi connectivity index (χ2v) is 5.54. The van der Waals surface area contributed by atoms with Crippen molar-refractivity contribution in [2.75, 3.05) is 20.1 Å². The van der Waals surface area contributed by atoms with Crippen LogP contribution in [0.5, 0.6) is 0 Å². The number of likely N-dealkylation sites (N-methyl/N-ethyl adjacent to an activating group) is 1. The molecule has 0 aromatic carbocycles. The van der Waals surface area contributed by atoms with Gasteiger partial charge in [-0.2, -0.15) is 0 Å². The molecule has 106 valence electrons. The first-order valence-corrected chi connectivity index (χ1v) is 7.28. The lowest BCUT2D eigenvalue weighted by molar-refractivity contribution is -0.122. The van der Waals surface area contributed by atoms with E-state index in [4.69, 9.17) is 5.73 Å². The standard InChI is InChI=1S/C14H29N3O/c1-4-16-14(18)9-12(10-15)17(3)13-8-6-5-7-11(13)2/h11-13H,4-10,15H2,1-3H3,(H,16,18). The number of hydrogen-bond acceptors (Lipinski definition) is 3. The van der Waals surface area contributed by atoms with Crippen LogP contribution < -0.4 is 11.1 Å². The number of carbonyl (C=O) groups is 1. The van der Waals surface area contributed by atoms with Gasteiger partial charge in [0, 0.05) is 31.6 Å². The van der Waals surface area contributed by atoms with Crippen molar-refractivity contribution in [2.45, 2.75) is 58.0 Å². The minimum absolute atomic E-state index is 0.114. The maximum Gasteiger partial charge on any atom is 0.221 e. The molecule has 0 heterocycles. The van der Waals surface area contributed by atoms with Crippen LogP contribution in [0.2, 0.25) is 0 Å². The zero-order valence-corrected chi connectivity index (χ0v) is 12.1. The third-order valence-corrected chi connectivity index (χ3v) is 4.23. The van der Waals surface area contributed by atoms with Gasteiger partial charge in [-0.15, -0.1) is 0 Å². The van der Waals surface area contributed by atoms with Crippen molar-refractivity contribution >= 4 is 5.91 Å². The van der Waals surface area contributed by atoms with Crippen molar-refractivity contribution < 1.29 is 4.79 Å². The Hall–Kier alpha value is -0.610. The molecule has 3 N–H and O–H groups in total. The van der Waals surface area contributed by atoms with Crippen LogP contribution in [0.15, 0.2) is 0 Å². The van der Waals surface area contributed by atoms with Gasteiger partial charge in [-0.3, -0.25) is 9.69 Å². The van der Waals surface area contributed by atoms with Gasteiger partial charge >= 0.3 is 0 Å². The summed E-state index contributed by atoms with van der Waals surface area (Å²) in [6.45, 7) is 5.51. The molecular formula is C14H29N3O. The van der Waals surface area contributed by atoms with Gasteiger partial charge in [0.15, 0.2) is 0 Å². The number of carbonyl (C=O) groups excluding carboxylic acids is 1.